The quantitative estimate of drug-likeness (QED) is 0.0214. The molecule has 0 heterocycles. The number of hydrogen-bond acceptors (Lipinski definition) is 8. The zero-order valence-corrected chi connectivity index (χ0v) is 31.8. The third-order valence-corrected chi connectivity index (χ3v) is 8.88. The van der Waals surface area contributed by atoms with Gasteiger partial charge in [-0.05, 0) is 51.4 Å². The molecule has 11 nitrogen and oxygen atoms in total. The average molecular weight is 730 g/mol. The summed E-state index contributed by atoms with van der Waals surface area (Å²) in [7, 11) is -4.74. The van der Waals surface area contributed by atoms with Crippen LogP contribution in [0.15, 0.2) is 36.5 Å². The number of phosphoric acid groups is 1. The van der Waals surface area contributed by atoms with Crippen LogP contribution in [-0.4, -0.2) is 64.9 Å². The first-order chi connectivity index (χ1) is 24.1. The number of carbonyl (C=O) groups is 3. The molecule has 12 heteroatoms. The first-order valence-electron chi connectivity index (χ1n) is 19.0. The minimum absolute atomic E-state index is 0.137. The fraction of sp³-hybridized carbons (Fsp3) is 0.763. The van der Waals surface area contributed by atoms with Crippen LogP contribution < -0.4 is 5.32 Å². The van der Waals surface area contributed by atoms with Gasteiger partial charge in [0.05, 0.1) is 13.2 Å². The van der Waals surface area contributed by atoms with E-state index in [9.17, 15) is 34.1 Å². The van der Waals surface area contributed by atoms with Gasteiger partial charge in [0.1, 0.15) is 12.7 Å². The Bertz CT molecular complexity index is 1000. The third kappa shape index (κ3) is 32.9. The summed E-state index contributed by atoms with van der Waals surface area (Å²) in [6.45, 7) is 2.42. The molecule has 290 valence electrons. The number of carboxylic acids is 1. The van der Waals surface area contributed by atoms with Crippen LogP contribution in [0.25, 0.3) is 0 Å². The number of carbonyl (C=O) groups excluding carboxylic acids is 2. The number of allylic oxidation sites excluding steroid dienone is 6. The van der Waals surface area contributed by atoms with Gasteiger partial charge in [0.25, 0.3) is 0 Å². The maximum atomic E-state index is 12.3. The largest absolute Gasteiger partial charge is 0.480 e. The molecule has 0 saturated heterocycles. The Morgan fingerprint density at radius 1 is 0.640 bits per heavy atom. The molecule has 0 radical (unpaired) electrons. The van der Waals surface area contributed by atoms with Crippen molar-refractivity contribution in [1.82, 2.24) is 5.32 Å². The van der Waals surface area contributed by atoms with Gasteiger partial charge in [-0.2, -0.15) is 0 Å². The topological polar surface area (TPSA) is 169 Å². The second-order valence-electron chi connectivity index (χ2n) is 12.8. The lowest BCUT2D eigenvalue weighted by Gasteiger charge is -2.18. The van der Waals surface area contributed by atoms with Crippen molar-refractivity contribution in [3.63, 3.8) is 0 Å². The van der Waals surface area contributed by atoms with E-state index in [-0.39, 0.29) is 12.8 Å². The van der Waals surface area contributed by atoms with E-state index in [1.807, 2.05) is 0 Å². The van der Waals surface area contributed by atoms with Crippen LogP contribution in [0, 0.1) is 0 Å². The van der Waals surface area contributed by atoms with Crippen LogP contribution in [0.3, 0.4) is 0 Å². The maximum absolute atomic E-state index is 12.3. The Morgan fingerprint density at radius 3 is 1.68 bits per heavy atom. The number of hydrogen-bond donors (Lipinski definition) is 4. The number of unbranched alkanes of at least 4 members (excludes halogenated alkanes) is 15. The molecule has 0 spiro atoms. The van der Waals surface area contributed by atoms with Gasteiger partial charge < -0.3 is 25.2 Å². The number of aliphatic carboxylic acids is 1. The number of amides is 1. The summed E-state index contributed by atoms with van der Waals surface area (Å²) in [5.74, 6) is -2.40. The van der Waals surface area contributed by atoms with Crippen molar-refractivity contribution in [2.75, 3.05) is 19.8 Å². The van der Waals surface area contributed by atoms with E-state index in [4.69, 9.17) is 13.8 Å². The van der Waals surface area contributed by atoms with Crippen molar-refractivity contribution in [3.05, 3.63) is 36.5 Å². The van der Waals surface area contributed by atoms with Crippen LogP contribution >= 0.6 is 7.82 Å². The molecule has 0 aliphatic rings. The molecule has 0 aliphatic heterocycles. The number of aliphatic hydroxyl groups is 1. The first-order valence-corrected chi connectivity index (χ1v) is 20.5. The minimum Gasteiger partial charge on any atom is -0.480 e. The van der Waals surface area contributed by atoms with Gasteiger partial charge in [0.15, 0.2) is 6.04 Å². The summed E-state index contributed by atoms with van der Waals surface area (Å²) < 4.78 is 26.5. The zero-order chi connectivity index (χ0) is 37.1. The van der Waals surface area contributed by atoms with Gasteiger partial charge in [0, 0.05) is 12.8 Å². The monoisotopic (exact) mass is 729 g/mol. The van der Waals surface area contributed by atoms with Gasteiger partial charge in [0.2, 0.25) is 5.91 Å². The molecule has 3 atom stereocenters. The summed E-state index contributed by atoms with van der Waals surface area (Å²) in [6, 6.07) is -1.55. The summed E-state index contributed by atoms with van der Waals surface area (Å²) in [6.07, 6.45) is 33.7. The number of rotatable bonds is 35. The average Bonchev–Trinajstić information content (AvgIpc) is 3.08. The van der Waals surface area contributed by atoms with Crippen LogP contribution in [-0.2, 0) is 32.7 Å². The molecule has 50 heavy (non-hydrogen) atoms. The van der Waals surface area contributed by atoms with Crippen molar-refractivity contribution >= 4 is 25.7 Å². The highest BCUT2D eigenvalue weighted by Gasteiger charge is 2.28. The van der Waals surface area contributed by atoms with Crippen molar-refractivity contribution in [2.24, 2.45) is 0 Å². The molecule has 0 rings (SSSR count). The summed E-state index contributed by atoms with van der Waals surface area (Å²) in [5, 5.41) is 21.6. The molecule has 4 N–H and O–H groups in total. The molecular weight excluding hydrogens is 661 g/mol. The molecule has 0 fully saturated rings. The van der Waals surface area contributed by atoms with E-state index >= 15 is 0 Å². The molecule has 3 unspecified atom stereocenters. The predicted octanol–water partition coefficient (Wildman–Crippen LogP) is 8.88. The van der Waals surface area contributed by atoms with E-state index in [1.54, 1.807) is 0 Å². The first kappa shape index (κ1) is 47.7. The molecule has 0 aromatic rings. The Morgan fingerprint density at radius 2 is 1.10 bits per heavy atom. The van der Waals surface area contributed by atoms with E-state index in [0.717, 1.165) is 70.6 Å². The molecular formula is C38H68NO10P. The molecule has 0 saturated carbocycles. The highest BCUT2D eigenvalue weighted by atomic mass is 31.2. The Labute approximate surface area is 301 Å². The fourth-order valence-corrected chi connectivity index (χ4v) is 5.68. The van der Waals surface area contributed by atoms with E-state index in [2.05, 4.69) is 55.6 Å². The lowest BCUT2D eigenvalue weighted by atomic mass is 10.1. The number of aliphatic hydroxyl groups excluding tert-OH is 1. The predicted molar refractivity (Wildman–Crippen MR) is 199 cm³/mol. The third-order valence-electron chi connectivity index (χ3n) is 7.93. The van der Waals surface area contributed by atoms with Crippen molar-refractivity contribution in [1.29, 1.82) is 0 Å². The molecule has 1 amide bonds. The summed E-state index contributed by atoms with van der Waals surface area (Å²) in [5.41, 5.74) is 0. The number of ether oxygens (including phenoxy) is 1. The van der Waals surface area contributed by atoms with Crippen LogP contribution in [0.5, 0.6) is 0 Å². The Hall–Kier alpha value is -2.30. The van der Waals surface area contributed by atoms with Gasteiger partial charge in [-0.1, -0.05) is 127 Å². The van der Waals surface area contributed by atoms with Gasteiger partial charge in [-0.25, -0.2) is 9.36 Å². The number of phosphoric ester groups is 1. The van der Waals surface area contributed by atoms with Crippen LogP contribution in [0.4, 0.5) is 0 Å². The van der Waals surface area contributed by atoms with Gasteiger partial charge in [-0.3, -0.25) is 18.6 Å². The highest BCUT2D eigenvalue weighted by Crippen LogP contribution is 2.43. The zero-order valence-electron chi connectivity index (χ0n) is 30.9. The fourth-order valence-electron chi connectivity index (χ4n) is 4.91. The lowest BCUT2D eigenvalue weighted by Crippen LogP contribution is -2.43. The van der Waals surface area contributed by atoms with Crippen molar-refractivity contribution < 1.29 is 47.8 Å². The van der Waals surface area contributed by atoms with E-state index in [0.29, 0.717) is 12.8 Å². The SMILES string of the molecule is CCCCC/C=C\C/C=C\C/C=C\CCCCCCCCCCC(=O)NC(COP(=O)(O)OCC(O)COC(=O)CCCCCCC)C(=O)O. The molecule has 0 aromatic carbocycles. The second kappa shape index (κ2) is 33.8. The molecule has 0 aromatic heterocycles. The van der Waals surface area contributed by atoms with E-state index < -0.39 is 57.6 Å². The number of nitrogens with one attached hydrogen (secondary N) is 1. The van der Waals surface area contributed by atoms with Crippen LogP contribution in [0.1, 0.15) is 155 Å². The Kier molecular flexibility index (Phi) is 32.3. The smallest absolute Gasteiger partial charge is 0.472 e. The summed E-state index contributed by atoms with van der Waals surface area (Å²) in [4.78, 5) is 45.4. The molecule has 0 bridgehead atoms. The lowest BCUT2D eigenvalue weighted by molar-refractivity contribution is -0.147. The second-order valence-corrected chi connectivity index (χ2v) is 14.2. The maximum Gasteiger partial charge on any atom is 0.472 e. The molecule has 0 aliphatic carbocycles. The Balaban J connectivity index is 3.92. The standard InChI is InChI=1S/C38H68NO10P/c1-3-5-7-9-10-11-12-13-14-15-16-17-18-19-20-21-22-23-24-26-27-29-36(41)39-35(38(43)44)33-49-50(45,46)48-32-34(40)31-47-37(42)30-28-25-8-6-4-2/h10-11,13-14,16-17,34-35,40H,3-9,12,15,18-33H2,1-2H3,(H,39,41)(H,43,44)(H,45,46)/b11-10-,14-13-,17-16-. The van der Waals surface area contributed by atoms with Crippen molar-refractivity contribution in [2.45, 2.75) is 167 Å². The van der Waals surface area contributed by atoms with Crippen molar-refractivity contribution in [3.8, 4) is 0 Å². The summed E-state index contributed by atoms with van der Waals surface area (Å²) >= 11 is 0. The van der Waals surface area contributed by atoms with E-state index in [1.165, 1.54) is 44.9 Å². The number of esters is 1. The minimum atomic E-state index is -4.74. The van der Waals surface area contributed by atoms with Gasteiger partial charge >= 0.3 is 19.8 Å². The number of carboxylic acid groups (broad SMARTS) is 1. The highest BCUT2D eigenvalue weighted by molar-refractivity contribution is 7.47. The van der Waals surface area contributed by atoms with Gasteiger partial charge in [-0.15, -0.1) is 0 Å². The normalized spacial score (nSPS) is 14.3. The van der Waals surface area contributed by atoms with Crippen LogP contribution in [0.2, 0.25) is 0 Å².